The predicted molar refractivity (Wildman–Crippen MR) is 168 cm³/mol. The first-order chi connectivity index (χ1) is 20.2. The molecule has 8 heteroatoms. The van der Waals surface area contributed by atoms with Crippen molar-refractivity contribution in [2.24, 2.45) is 0 Å². The predicted octanol–water partition coefficient (Wildman–Crippen LogP) is 6.01. The molecule has 0 aliphatic heterocycles. The minimum absolute atomic E-state index is 0.0998. The van der Waals surface area contributed by atoms with Gasteiger partial charge in [0.1, 0.15) is 12.6 Å². The first kappa shape index (κ1) is 31.3. The van der Waals surface area contributed by atoms with Crippen LogP contribution in [0.1, 0.15) is 69.1 Å². The Balaban J connectivity index is 1.70. The number of rotatable bonds is 12. The van der Waals surface area contributed by atoms with E-state index in [9.17, 15) is 18.0 Å². The van der Waals surface area contributed by atoms with E-state index < -0.39 is 28.5 Å². The molecule has 3 aromatic rings. The highest BCUT2D eigenvalue weighted by Crippen LogP contribution is 2.26. The normalized spacial score (nSPS) is 14.6. The molecule has 0 spiro atoms. The fourth-order valence-electron chi connectivity index (χ4n) is 5.58. The quantitative estimate of drug-likeness (QED) is 0.280. The van der Waals surface area contributed by atoms with E-state index in [0.29, 0.717) is 12.1 Å². The number of anilines is 1. The number of aryl methyl sites for hydroxylation is 2. The minimum atomic E-state index is -4.07. The molecule has 1 atom stereocenters. The van der Waals surface area contributed by atoms with Crippen molar-refractivity contribution in [1.29, 1.82) is 0 Å². The number of sulfonamides is 1. The van der Waals surface area contributed by atoms with Gasteiger partial charge >= 0.3 is 0 Å². The van der Waals surface area contributed by atoms with Crippen LogP contribution in [-0.2, 0) is 32.6 Å². The average Bonchev–Trinajstić information content (AvgIpc) is 3.01. The number of carbonyl (C=O) groups is 2. The van der Waals surface area contributed by atoms with Crippen molar-refractivity contribution < 1.29 is 18.0 Å². The Morgan fingerprint density at radius 1 is 0.881 bits per heavy atom. The number of nitrogens with zero attached hydrogens (tertiary/aromatic N) is 2. The molecule has 1 aliphatic carbocycles. The van der Waals surface area contributed by atoms with Gasteiger partial charge in [0.25, 0.3) is 10.0 Å². The summed E-state index contributed by atoms with van der Waals surface area (Å²) in [5.74, 6) is -0.612. The zero-order valence-electron chi connectivity index (χ0n) is 25.0. The van der Waals surface area contributed by atoms with Crippen LogP contribution in [0.5, 0.6) is 0 Å². The molecule has 0 aromatic heterocycles. The highest BCUT2D eigenvalue weighted by molar-refractivity contribution is 7.92. The molecule has 42 heavy (non-hydrogen) atoms. The standard InChI is InChI=1S/C34H43N3O4S/c1-4-27-20-22-30(23-21-27)37(42(40,41)31-18-10-7-11-19-31)25-33(38)36(24-28-15-13-12-14-26(28)3)32(5-2)34(39)35-29-16-8-6-9-17-29/h7,10-15,18-23,29,32H,4-6,8-9,16-17,24-25H2,1-3H3,(H,35,39)/t32-/m1/s1. The summed E-state index contributed by atoms with van der Waals surface area (Å²) >= 11 is 0. The molecule has 0 bridgehead atoms. The van der Waals surface area contributed by atoms with E-state index in [4.69, 9.17) is 0 Å². The molecule has 1 saturated carbocycles. The molecular formula is C34H43N3O4S. The van der Waals surface area contributed by atoms with E-state index in [1.54, 1.807) is 35.2 Å². The number of amides is 2. The highest BCUT2D eigenvalue weighted by Gasteiger charge is 2.34. The molecule has 4 rings (SSSR count). The van der Waals surface area contributed by atoms with E-state index in [1.165, 1.54) is 22.9 Å². The van der Waals surface area contributed by atoms with Crippen molar-refractivity contribution in [1.82, 2.24) is 10.2 Å². The summed E-state index contributed by atoms with van der Waals surface area (Å²) in [6.45, 7) is 5.68. The van der Waals surface area contributed by atoms with Crippen LogP contribution in [0.3, 0.4) is 0 Å². The molecule has 0 radical (unpaired) electrons. The van der Waals surface area contributed by atoms with Gasteiger partial charge in [0.05, 0.1) is 10.6 Å². The van der Waals surface area contributed by atoms with E-state index in [-0.39, 0.29) is 23.4 Å². The van der Waals surface area contributed by atoms with E-state index in [1.807, 2.05) is 57.2 Å². The van der Waals surface area contributed by atoms with Crippen LogP contribution in [0.15, 0.2) is 83.8 Å². The first-order valence-electron chi connectivity index (χ1n) is 15.1. The third-order valence-electron chi connectivity index (χ3n) is 8.18. The van der Waals surface area contributed by atoms with Crippen LogP contribution in [0.25, 0.3) is 0 Å². The zero-order chi connectivity index (χ0) is 30.1. The monoisotopic (exact) mass is 589 g/mol. The Morgan fingerprint density at radius 2 is 1.52 bits per heavy atom. The summed E-state index contributed by atoms with van der Waals surface area (Å²) < 4.78 is 29.1. The second-order valence-corrected chi connectivity index (χ2v) is 12.9. The van der Waals surface area contributed by atoms with Crippen molar-refractivity contribution in [3.05, 3.63) is 95.6 Å². The molecule has 1 fully saturated rings. The van der Waals surface area contributed by atoms with E-state index >= 15 is 0 Å². The highest BCUT2D eigenvalue weighted by atomic mass is 32.2. The van der Waals surface area contributed by atoms with Crippen LogP contribution in [-0.4, -0.2) is 43.8 Å². The largest absolute Gasteiger partial charge is 0.352 e. The molecule has 224 valence electrons. The van der Waals surface area contributed by atoms with Gasteiger partial charge in [0.15, 0.2) is 0 Å². The summed E-state index contributed by atoms with van der Waals surface area (Å²) in [5, 5.41) is 3.19. The third-order valence-corrected chi connectivity index (χ3v) is 9.97. The number of hydrogen-bond acceptors (Lipinski definition) is 4. The van der Waals surface area contributed by atoms with Crippen molar-refractivity contribution in [3.63, 3.8) is 0 Å². The van der Waals surface area contributed by atoms with Gasteiger partial charge in [-0.2, -0.15) is 0 Å². The Bertz CT molecular complexity index is 1440. The third kappa shape index (κ3) is 7.59. The molecule has 1 aliphatic rings. The maximum atomic E-state index is 14.3. The Kier molecular flexibility index (Phi) is 10.8. The maximum Gasteiger partial charge on any atom is 0.264 e. The van der Waals surface area contributed by atoms with Crippen molar-refractivity contribution in [3.8, 4) is 0 Å². The van der Waals surface area contributed by atoms with Crippen LogP contribution in [0.4, 0.5) is 5.69 Å². The number of nitrogens with one attached hydrogen (secondary N) is 1. The molecular weight excluding hydrogens is 546 g/mol. The van der Waals surface area contributed by atoms with Gasteiger partial charge in [0.2, 0.25) is 11.8 Å². The SMILES string of the molecule is CCc1ccc(N(CC(=O)N(Cc2ccccc2C)[C@H](CC)C(=O)NC2CCCCC2)S(=O)(=O)c2ccccc2)cc1. The molecule has 0 unspecified atom stereocenters. The summed E-state index contributed by atoms with van der Waals surface area (Å²) in [4.78, 5) is 29.6. The first-order valence-corrected chi connectivity index (χ1v) is 16.5. The second kappa shape index (κ2) is 14.5. The summed E-state index contributed by atoms with van der Waals surface area (Å²) in [6, 6.07) is 22.5. The fraction of sp³-hybridized carbons (Fsp3) is 0.412. The lowest BCUT2D eigenvalue weighted by molar-refractivity contribution is -0.140. The molecule has 1 N–H and O–H groups in total. The zero-order valence-corrected chi connectivity index (χ0v) is 25.8. The maximum absolute atomic E-state index is 14.3. The van der Waals surface area contributed by atoms with Crippen LogP contribution >= 0.6 is 0 Å². The molecule has 7 nitrogen and oxygen atoms in total. The Morgan fingerprint density at radius 3 is 2.14 bits per heavy atom. The average molecular weight is 590 g/mol. The fourth-order valence-corrected chi connectivity index (χ4v) is 7.02. The van der Waals surface area contributed by atoms with E-state index in [2.05, 4.69) is 5.32 Å². The Hall–Kier alpha value is -3.65. The van der Waals surface area contributed by atoms with Gasteiger partial charge in [-0.1, -0.05) is 87.7 Å². The second-order valence-electron chi connectivity index (χ2n) is 11.1. The van der Waals surface area contributed by atoms with Crippen LogP contribution in [0.2, 0.25) is 0 Å². The molecule has 3 aromatic carbocycles. The topological polar surface area (TPSA) is 86.8 Å². The van der Waals surface area contributed by atoms with Gasteiger partial charge in [0, 0.05) is 12.6 Å². The van der Waals surface area contributed by atoms with Crippen molar-refractivity contribution in [2.45, 2.75) is 89.2 Å². The van der Waals surface area contributed by atoms with Crippen LogP contribution in [0, 0.1) is 6.92 Å². The lowest BCUT2D eigenvalue weighted by Gasteiger charge is -2.34. The molecule has 0 saturated heterocycles. The Labute approximate surface area is 251 Å². The van der Waals surface area contributed by atoms with Gasteiger partial charge in [-0.25, -0.2) is 8.42 Å². The van der Waals surface area contributed by atoms with Gasteiger partial charge in [-0.15, -0.1) is 0 Å². The summed E-state index contributed by atoms with van der Waals surface area (Å²) in [5.41, 5.74) is 3.38. The summed E-state index contributed by atoms with van der Waals surface area (Å²) in [7, 11) is -4.07. The lowest BCUT2D eigenvalue weighted by Crippen LogP contribution is -2.54. The van der Waals surface area contributed by atoms with Gasteiger partial charge in [-0.3, -0.25) is 13.9 Å². The van der Waals surface area contributed by atoms with Crippen molar-refractivity contribution >= 4 is 27.5 Å². The van der Waals surface area contributed by atoms with Gasteiger partial charge < -0.3 is 10.2 Å². The van der Waals surface area contributed by atoms with Crippen molar-refractivity contribution in [2.75, 3.05) is 10.8 Å². The molecule has 0 heterocycles. The van der Waals surface area contributed by atoms with E-state index in [0.717, 1.165) is 48.8 Å². The number of hydrogen-bond donors (Lipinski definition) is 1. The summed E-state index contributed by atoms with van der Waals surface area (Å²) in [6.07, 6.45) is 6.42. The lowest BCUT2D eigenvalue weighted by atomic mass is 9.95. The molecule has 2 amide bonds. The number of carbonyl (C=O) groups excluding carboxylic acids is 2. The van der Waals surface area contributed by atoms with Gasteiger partial charge in [-0.05, 0) is 73.6 Å². The minimum Gasteiger partial charge on any atom is -0.352 e. The number of benzene rings is 3. The smallest absolute Gasteiger partial charge is 0.264 e. The van der Waals surface area contributed by atoms with Crippen LogP contribution < -0.4 is 9.62 Å².